The molecule has 0 radical (unpaired) electrons. The first kappa shape index (κ1) is 24.0. The van der Waals surface area contributed by atoms with Crippen LogP contribution in [0, 0.1) is 5.92 Å². The summed E-state index contributed by atoms with van der Waals surface area (Å²) in [6.45, 7) is 16.8. The number of allylic oxidation sites excluding steroid dienone is 9. The van der Waals surface area contributed by atoms with Crippen molar-refractivity contribution >= 4 is 0 Å². The second-order valence-corrected chi connectivity index (χ2v) is 5.52. The molecule has 0 heteroatoms. The van der Waals surface area contributed by atoms with Crippen LogP contribution in [0.5, 0.6) is 0 Å². The van der Waals surface area contributed by atoms with Crippen LogP contribution in [0.15, 0.2) is 60.3 Å². The van der Waals surface area contributed by atoms with E-state index in [4.69, 9.17) is 0 Å². The molecule has 0 aliphatic rings. The molecular formula is C23H40. The van der Waals surface area contributed by atoms with Gasteiger partial charge in [0.1, 0.15) is 0 Å². The van der Waals surface area contributed by atoms with Crippen molar-refractivity contribution < 1.29 is 0 Å². The van der Waals surface area contributed by atoms with E-state index < -0.39 is 0 Å². The summed E-state index contributed by atoms with van der Waals surface area (Å²) in [4.78, 5) is 0. The van der Waals surface area contributed by atoms with Gasteiger partial charge in [0.2, 0.25) is 0 Å². The van der Waals surface area contributed by atoms with E-state index in [1.807, 2.05) is 19.9 Å². The molecule has 0 nitrogen and oxygen atoms in total. The lowest BCUT2D eigenvalue weighted by atomic mass is 9.88. The van der Waals surface area contributed by atoms with E-state index in [1.165, 1.54) is 36.8 Å². The highest BCUT2D eigenvalue weighted by molar-refractivity contribution is 5.35. The Morgan fingerprint density at radius 3 is 2.13 bits per heavy atom. The Bertz CT molecular complexity index is 377. The van der Waals surface area contributed by atoms with Crippen molar-refractivity contribution in [2.45, 2.75) is 80.1 Å². The van der Waals surface area contributed by atoms with Crippen molar-refractivity contribution in [1.82, 2.24) is 0 Å². The molecule has 1 atom stereocenters. The van der Waals surface area contributed by atoms with Crippen molar-refractivity contribution in [1.29, 1.82) is 0 Å². The molecule has 0 N–H and O–H groups in total. The third-order valence-corrected chi connectivity index (χ3v) is 3.85. The first-order valence-electron chi connectivity index (χ1n) is 9.50. The highest BCUT2D eigenvalue weighted by Crippen LogP contribution is 2.26. The SMILES string of the molecule is C=C/C=C(\C(=C/C)CC/C=C\C=C\CCCC)C(C)CC.CC. The molecule has 0 aromatic heterocycles. The summed E-state index contributed by atoms with van der Waals surface area (Å²) < 4.78 is 0. The highest BCUT2D eigenvalue weighted by Gasteiger charge is 2.09. The summed E-state index contributed by atoms with van der Waals surface area (Å²) in [5.41, 5.74) is 2.91. The molecule has 0 saturated carbocycles. The van der Waals surface area contributed by atoms with Crippen molar-refractivity contribution in [2.75, 3.05) is 0 Å². The van der Waals surface area contributed by atoms with Crippen LogP contribution in [0.2, 0.25) is 0 Å². The molecule has 23 heavy (non-hydrogen) atoms. The molecule has 0 rings (SSSR count). The average molecular weight is 317 g/mol. The lowest BCUT2D eigenvalue weighted by molar-refractivity contribution is 0.654. The summed E-state index contributed by atoms with van der Waals surface area (Å²) in [7, 11) is 0. The maximum atomic E-state index is 3.85. The Balaban J connectivity index is 0. The van der Waals surface area contributed by atoms with Crippen LogP contribution in [0.3, 0.4) is 0 Å². The van der Waals surface area contributed by atoms with Gasteiger partial charge in [0.25, 0.3) is 0 Å². The molecule has 0 bridgehead atoms. The lowest BCUT2D eigenvalue weighted by Crippen LogP contribution is -2.01. The normalized spacial score (nSPS) is 14.0. The van der Waals surface area contributed by atoms with Gasteiger partial charge in [-0.2, -0.15) is 0 Å². The fraction of sp³-hybridized carbons (Fsp3) is 0.565. The molecule has 0 amide bonds. The second kappa shape index (κ2) is 18.7. The van der Waals surface area contributed by atoms with Gasteiger partial charge in [-0.25, -0.2) is 0 Å². The van der Waals surface area contributed by atoms with E-state index >= 15 is 0 Å². The van der Waals surface area contributed by atoms with Gasteiger partial charge in [-0.15, -0.1) is 0 Å². The largest absolute Gasteiger partial charge is 0.0991 e. The first-order chi connectivity index (χ1) is 11.2. The summed E-state index contributed by atoms with van der Waals surface area (Å²) >= 11 is 0. The van der Waals surface area contributed by atoms with Crippen LogP contribution >= 0.6 is 0 Å². The van der Waals surface area contributed by atoms with Crippen molar-refractivity contribution in [3.05, 3.63) is 60.3 Å². The van der Waals surface area contributed by atoms with Crippen LogP contribution in [0.1, 0.15) is 80.1 Å². The van der Waals surface area contributed by atoms with Crippen LogP contribution in [-0.4, -0.2) is 0 Å². The summed E-state index contributed by atoms with van der Waals surface area (Å²) in [5, 5.41) is 0. The summed E-state index contributed by atoms with van der Waals surface area (Å²) in [5.74, 6) is 0.604. The molecule has 0 aromatic carbocycles. The zero-order chi connectivity index (χ0) is 17.9. The number of hydrogen-bond acceptors (Lipinski definition) is 0. The minimum atomic E-state index is 0.604. The van der Waals surface area contributed by atoms with Crippen LogP contribution < -0.4 is 0 Å². The Morgan fingerprint density at radius 1 is 1.04 bits per heavy atom. The van der Waals surface area contributed by atoms with Crippen LogP contribution in [0.4, 0.5) is 0 Å². The van der Waals surface area contributed by atoms with E-state index in [0.29, 0.717) is 5.92 Å². The molecule has 1 unspecified atom stereocenters. The Labute approximate surface area is 146 Å². The third-order valence-electron chi connectivity index (χ3n) is 3.85. The van der Waals surface area contributed by atoms with Gasteiger partial charge in [0.05, 0.1) is 0 Å². The number of hydrogen-bond donors (Lipinski definition) is 0. The number of rotatable bonds is 11. The Hall–Kier alpha value is -1.30. The van der Waals surface area contributed by atoms with Gasteiger partial charge in [-0.1, -0.05) is 96.6 Å². The molecule has 0 aromatic rings. The number of unbranched alkanes of at least 4 members (excludes halogenated alkanes) is 2. The fourth-order valence-electron chi connectivity index (χ4n) is 2.30. The Morgan fingerprint density at radius 2 is 1.65 bits per heavy atom. The highest BCUT2D eigenvalue weighted by atomic mass is 14.1. The van der Waals surface area contributed by atoms with Gasteiger partial charge < -0.3 is 0 Å². The molecule has 132 valence electrons. The topological polar surface area (TPSA) is 0 Å². The smallest absolute Gasteiger partial charge is 0.0190 e. The minimum absolute atomic E-state index is 0.604. The molecule has 0 aliphatic heterocycles. The third kappa shape index (κ3) is 12.9. The first-order valence-corrected chi connectivity index (χ1v) is 9.50. The lowest BCUT2D eigenvalue weighted by Gasteiger charge is -2.17. The Kier molecular flexibility index (Phi) is 19.5. The molecule has 0 fully saturated rings. The fourth-order valence-corrected chi connectivity index (χ4v) is 2.30. The van der Waals surface area contributed by atoms with Gasteiger partial charge in [0.15, 0.2) is 0 Å². The van der Waals surface area contributed by atoms with Crippen molar-refractivity contribution in [2.24, 2.45) is 5.92 Å². The predicted octanol–water partition coefficient (Wildman–Crippen LogP) is 8.20. The molecule has 0 saturated heterocycles. The maximum absolute atomic E-state index is 3.85. The second-order valence-electron chi connectivity index (χ2n) is 5.52. The average Bonchev–Trinajstić information content (AvgIpc) is 2.60. The minimum Gasteiger partial charge on any atom is -0.0991 e. The molecular weight excluding hydrogens is 276 g/mol. The van der Waals surface area contributed by atoms with Gasteiger partial charge in [-0.05, 0) is 49.7 Å². The van der Waals surface area contributed by atoms with E-state index in [-0.39, 0.29) is 0 Å². The van der Waals surface area contributed by atoms with E-state index in [2.05, 4.69) is 70.7 Å². The zero-order valence-corrected chi connectivity index (χ0v) is 16.6. The van der Waals surface area contributed by atoms with E-state index in [1.54, 1.807) is 0 Å². The van der Waals surface area contributed by atoms with Gasteiger partial charge in [-0.3, -0.25) is 0 Å². The van der Waals surface area contributed by atoms with Gasteiger partial charge >= 0.3 is 0 Å². The molecule has 0 heterocycles. The van der Waals surface area contributed by atoms with Crippen molar-refractivity contribution in [3.63, 3.8) is 0 Å². The van der Waals surface area contributed by atoms with Crippen LogP contribution in [0.25, 0.3) is 0 Å². The zero-order valence-electron chi connectivity index (χ0n) is 16.6. The van der Waals surface area contributed by atoms with E-state index in [9.17, 15) is 0 Å². The van der Waals surface area contributed by atoms with Crippen LogP contribution in [-0.2, 0) is 0 Å². The standard InChI is InChI=1S/C21H34.C2H6/c1-6-10-11-12-13-14-15-16-18-20(9-4)21(17-7-2)19(5)8-3;1-2/h7,9,12-15,17,19H,2,6,8,10-11,16,18H2,1,3-5H3;1-2H3/b13-12+,15-14-,20-9-,21-17-;. The molecule has 0 spiro atoms. The quantitative estimate of drug-likeness (QED) is 0.266. The monoisotopic (exact) mass is 316 g/mol. The summed E-state index contributed by atoms with van der Waals surface area (Å²) in [6.07, 6.45) is 22.4. The van der Waals surface area contributed by atoms with Gasteiger partial charge in [0, 0.05) is 0 Å². The van der Waals surface area contributed by atoms with Crippen molar-refractivity contribution in [3.8, 4) is 0 Å². The summed E-state index contributed by atoms with van der Waals surface area (Å²) in [6, 6.07) is 0. The molecule has 0 aliphatic carbocycles. The maximum Gasteiger partial charge on any atom is -0.0190 e. The van der Waals surface area contributed by atoms with E-state index in [0.717, 1.165) is 12.8 Å². The predicted molar refractivity (Wildman–Crippen MR) is 110 cm³/mol.